The second kappa shape index (κ2) is 8.36. The zero-order valence-electron chi connectivity index (χ0n) is 17.7. The van der Waals surface area contributed by atoms with Crippen molar-refractivity contribution in [2.45, 2.75) is 37.9 Å². The molecular weight excluding hydrogens is 459 g/mol. The molecule has 5 rings (SSSR count). The minimum atomic E-state index is -4.44. The molecule has 33 heavy (non-hydrogen) atoms. The summed E-state index contributed by atoms with van der Waals surface area (Å²) in [6.45, 7) is -0.513. The predicted octanol–water partition coefficient (Wildman–Crippen LogP) is 4.56. The number of hydrogen-bond donors (Lipinski definition) is 1. The number of hydrogen-bond acceptors (Lipinski definition) is 7. The molecule has 3 aromatic heterocycles. The average Bonchev–Trinajstić information content (AvgIpc) is 3.19. The molecule has 8 nitrogen and oxygen atoms in total. The van der Waals surface area contributed by atoms with Crippen molar-refractivity contribution in [3.63, 3.8) is 0 Å². The fourth-order valence-electron chi connectivity index (χ4n) is 3.91. The van der Waals surface area contributed by atoms with Gasteiger partial charge in [0.2, 0.25) is 5.95 Å². The summed E-state index contributed by atoms with van der Waals surface area (Å²) in [5, 5.41) is 3.31. The van der Waals surface area contributed by atoms with Crippen molar-refractivity contribution in [2.24, 2.45) is 5.92 Å². The first-order valence-corrected chi connectivity index (χ1v) is 10.9. The Balaban J connectivity index is 1.32. The van der Waals surface area contributed by atoms with Gasteiger partial charge in [-0.25, -0.2) is 15.0 Å². The van der Waals surface area contributed by atoms with E-state index in [0.717, 1.165) is 17.0 Å². The maximum Gasteiger partial charge on any atom is 0.412 e. The van der Waals surface area contributed by atoms with Gasteiger partial charge < -0.3 is 15.0 Å². The van der Waals surface area contributed by atoms with Gasteiger partial charge in [0.25, 0.3) is 0 Å². The first kappa shape index (κ1) is 21.7. The second-order valence-corrected chi connectivity index (χ2v) is 8.70. The third-order valence-corrected chi connectivity index (χ3v) is 6.27. The Morgan fingerprint density at radius 3 is 2.70 bits per heavy atom. The van der Waals surface area contributed by atoms with Crippen LogP contribution in [-0.2, 0) is 6.42 Å². The fourth-order valence-corrected chi connectivity index (χ4v) is 4.18. The highest BCUT2D eigenvalue weighted by Crippen LogP contribution is 2.37. The van der Waals surface area contributed by atoms with Gasteiger partial charge in [0.1, 0.15) is 12.9 Å². The van der Waals surface area contributed by atoms with Crippen molar-refractivity contribution in [3.8, 4) is 11.6 Å². The SMILES string of the molecule is CN1c2nc(Nc3cnc(-n4cnc(CC5CCC5)c4)c(Cl)c3)ncc2OCC1C(F)(F)F. The maximum absolute atomic E-state index is 13.2. The number of aromatic nitrogens is 5. The van der Waals surface area contributed by atoms with Gasteiger partial charge in [0, 0.05) is 13.2 Å². The maximum atomic E-state index is 13.2. The molecule has 2 aliphatic rings. The molecule has 174 valence electrons. The van der Waals surface area contributed by atoms with Gasteiger partial charge in [-0.2, -0.15) is 18.2 Å². The molecule has 1 fully saturated rings. The van der Waals surface area contributed by atoms with E-state index in [0.29, 0.717) is 22.4 Å². The normalized spacial score (nSPS) is 18.5. The van der Waals surface area contributed by atoms with Crippen LogP contribution < -0.4 is 15.0 Å². The number of fused-ring (bicyclic) bond motifs is 1. The van der Waals surface area contributed by atoms with E-state index in [9.17, 15) is 13.2 Å². The Hall–Kier alpha value is -3.08. The molecule has 0 saturated heterocycles. The smallest absolute Gasteiger partial charge is 0.412 e. The van der Waals surface area contributed by atoms with Crippen LogP contribution in [0.3, 0.4) is 0 Å². The zero-order valence-corrected chi connectivity index (χ0v) is 18.4. The molecule has 12 heteroatoms. The highest BCUT2D eigenvalue weighted by Gasteiger charge is 2.46. The lowest BCUT2D eigenvalue weighted by atomic mass is 9.82. The van der Waals surface area contributed by atoms with Crippen LogP contribution in [0.5, 0.6) is 5.75 Å². The summed E-state index contributed by atoms with van der Waals surface area (Å²) in [4.78, 5) is 18.2. The van der Waals surface area contributed by atoms with E-state index in [1.165, 1.54) is 32.5 Å². The van der Waals surface area contributed by atoms with Crippen LogP contribution in [0.4, 0.5) is 30.6 Å². The van der Waals surface area contributed by atoms with Crippen molar-refractivity contribution < 1.29 is 17.9 Å². The number of likely N-dealkylation sites (N-methyl/N-ethyl adjacent to an activating group) is 1. The molecule has 1 aliphatic heterocycles. The highest BCUT2D eigenvalue weighted by molar-refractivity contribution is 6.32. The Morgan fingerprint density at radius 2 is 2.00 bits per heavy atom. The molecule has 0 amide bonds. The van der Waals surface area contributed by atoms with Crippen LogP contribution in [-0.4, -0.2) is 50.4 Å². The number of nitrogens with zero attached hydrogens (tertiary/aromatic N) is 6. The van der Waals surface area contributed by atoms with E-state index in [2.05, 4.69) is 25.3 Å². The molecule has 1 N–H and O–H groups in total. The number of anilines is 3. The van der Waals surface area contributed by atoms with Crippen molar-refractivity contribution in [2.75, 3.05) is 23.9 Å². The Bertz CT molecular complexity index is 1170. The summed E-state index contributed by atoms with van der Waals surface area (Å²) in [5.41, 5.74) is 1.50. The average molecular weight is 480 g/mol. The number of nitrogens with one attached hydrogen (secondary N) is 1. The van der Waals surface area contributed by atoms with Crippen LogP contribution in [0.15, 0.2) is 31.0 Å². The summed E-state index contributed by atoms with van der Waals surface area (Å²) in [6, 6.07) is -0.135. The Morgan fingerprint density at radius 1 is 1.18 bits per heavy atom. The molecule has 1 saturated carbocycles. The summed E-state index contributed by atoms with van der Waals surface area (Å²) in [5.74, 6) is 1.57. The predicted molar refractivity (Wildman–Crippen MR) is 116 cm³/mol. The molecule has 4 heterocycles. The minimum Gasteiger partial charge on any atom is -0.486 e. The lowest BCUT2D eigenvalue weighted by molar-refractivity contribution is -0.155. The van der Waals surface area contributed by atoms with Crippen molar-refractivity contribution in [1.82, 2.24) is 24.5 Å². The van der Waals surface area contributed by atoms with Crippen molar-refractivity contribution >= 4 is 29.1 Å². The van der Waals surface area contributed by atoms with Crippen LogP contribution in [0.2, 0.25) is 5.02 Å². The highest BCUT2D eigenvalue weighted by atomic mass is 35.5. The summed E-state index contributed by atoms with van der Waals surface area (Å²) >= 11 is 6.45. The van der Waals surface area contributed by atoms with E-state index in [1.54, 1.807) is 23.2 Å². The van der Waals surface area contributed by atoms with E-state index in [-0.39, 0.29) is 17.5 Å². The number of alkyl halides is 3. The lowest BCUT2D eigenvalue weighted by Crippen LogP contribution is -2.50. The van der Waals surface area contributed by atoms with E-state index in [4.69, 9.17) is 16.3 Å². The number of halogens is 4. The Kier molecular flexibility index (Phi) is 5.51. The van der Waals surface area contributed by atoms with Gasteiger partial charge in [-0.05, 0) is 18.4 Å². The van der Waals surface area contributed by atoms with Crippen LogP contribution in [0, 0.1) is 5.92 Å². The molecule has 0 radical (unpaired) electrons. The van der Waals surface area contributed by atoms with Gasteiger partial charge in [0.15, 0.2) is 23.4 Å². The largest absolute Gasteiger partial charge is 0.486 e. The van der Waals surface area contributed by atoms with Gasteiger partial charge in [-0.1, -0.05) is 30.9 Å². The monoisotopic (exact) mass is 479 g/mol. The van der Waals surface area contributed by atoms with E-state index < -0.39 is 18.8 Å². The standard InChI is InChI=1S/C21H21ClF3N7O/c1-31-17(21(23,24)25)10-33-16-8-27-20(30-19(16)31)29-13-6-15(22)18(26-7-13)32-9-14(28-11-32)5-12-3-2-4-12/h6-9,11-12,17H,2-5,10H2,1H3,(H,27,29,30). The number of pyridine rings is 1. The molecular formula is C21H21ClF3N7O. The third-order valence-electron chi connectivity index (χ3n) is 5.99. The Labute approximate surface area is 192 Å². The lowest BCUT2D eigenvalue weighted by Gasteiger charge is -2.35. The summed E-state index contributed by atoms with van der Waals surface area (Å²) < 4.78 is 46.7. The first-order valence-electron chi connectivity index (χ1n) is 10.5. The van der Waals surface area contributed by atoms with Gasteiger partial charge in [0.05, 0.1) is 28.8 Å². The zero-order chi connectivity index (χ0) is 23.2. The van der Waals surface area contributed by atoms with Crippen LogP contribution in [0.1, 0.15) is 25.0 Å². The number of imidazole rings is 1. The van der Waals surface area contributed by atoms with Crippen molar-refractivity contribution in [3.05, 3.63) is 41.7 Å². The molecule has 0 spiro atoms. The third kappa shape index (κ3) is 4.41. The molecule has 0 aromatic carbocycles. The summed E-state index contributed by atoms with van der Waals surface area (Å²) in [7, 11) is 1.33. The number of ether oxygens (including phenoxy) is 1. The van der Waals surface area contributed by atoms with Crippen molar-refractivity contribution in [1.29, 1.82) is 0 Å². The molecule has 3 aromatic rings. The van der Waals surface area contributed by atoms with Crippen LogP contribution >= 0.6 is 11.6 Å². The molecule has 1 atom stereocenters. The van der Waals surface area contributed by atoms with Gasteiger partial charge in [-0.3, -0.25) is 4.57 Å². The quantitative estimate of drug-likeness (QED) is 0.574. The number of rotatable bonds is 5. The van der Waals surface area contributed by atoms with Gasteiger partial charge in [-0.15, -0.1) is 0 Å². The minimum absolute atomic E-state index is 0.0501. The van der Waals surface area contributed by atoms with Crippen LogP contribution in [0.25, 0.3) is 5.82 Å². The summed E-state index contributed by atoms with van der Waals surface area (Å²) in [6.07, 6.45) is 6.80. The molecule has 0 bridgehead atoms. The topological polar surface area (TPSA) is 81.0 Å². The van der Waals surface area contributed by atoms with E-state index in [1.807, 2.05) is 6.20 Å². The fraction of sp³-hybridized carbons (Fsp3) is 0.429. The molecule has 1 aliphatic carbocycles. The second-order valence-electron chi connectivity index (χ2n) is 8.29. The first-order chi connectivity index (χ1) is 15.8. The molecule has 1 unspecified atom stereocenters. The van der Waals surface area contributed by atoms with E-state index >= 15 is 0 Å². The van der Waals surface area contributed by atoms with Gasteiger partial charge >= 0.3 is 6.18 Å².